The van der Waals surface area contributed by atoms with Gasteiger partial charge in [0, 0.05) is 0 Å². The molecule has 3 heteroatoms. The zero-order valence-corrected chi connectivity index (χ0v) is 9.77. The molecule has 1 rings (SSSR count). The van der Waals surface area contributed by atoms with Crippen molar-refractivity contribution in [3.8, 4) is 0 Å². The molecule has 0 aliphatic heterocycles. The van der Waals surface area contributed by atoms with E-state index in [4.69, 9.17) is 9.84 Å². The highest BCUT2D eigenvalue weighted by atomic mass is 16.5. The lowest BCUT2D eigenvalue weighted by Gasteiger charge is -2.07. The summed E-state index contributed by atoms with van der Waals surface area (Å²) in [5, 5.41) is 8.94. The first-order chi connectivity index (χ1) is 7.63. The predicted octanol–water partition coefficient (Wildman–Crippen LogP) is 2.38. The fraction of sp³-hybridized carbons (Fsp3) is 0.462. The highest BCUT2D eigenvalue weighted by Crippen LogP contribution is 2.08. The van der Waals surface area contributed by atoms with Crippen LogP contribution in [0.15, 0.2) is 24.3 Å². The highest BCUT2D eigenvalue weighted by Gasteiger charge is 2.07. The van der Waals surface area contributed by atoms with Gasteiger partial charge in [0.2, 0.25) is 0 Å². The molecule has 1 N–H and O–H groups in total. The lowest BCUT2D eigenvalue weighted by atomic mass is 10.1. The molecule has 0 unspecified atom stereocenters. The van der Waals surface area contributed by atoms with Gasteiger partial charge in [-0.1, -0.05) is 26.0 Å². The first-order valence-corrected chi connectivity index (χ1v) is 5.50. The average molecular weight is 222 g/mol. The number of ether oxygens (including phenoxy) is 1. The summed E-state index contributed by atoms with van der Waals surface area (Å²) in [5.41, 5.74) is 1.22. The maximum Gasteiger partial charge on any atom is 0.338 e. The molecule has 3 nitrogen and oxygen atoms in total. The van der Waals surface area contributed by atoms with E-state index in [1.165, 1.54) is 0 Å². The van der Waals surface area contributed by atoms with E-state index in [9.17, 15) is 4.79 Å². The van der Waals surface area contributed by atoms with Gasteiger partial charge in [0.1, 0.15) is 0 Å². The number of rotatable bonds is 5. The van der Waals surface area contributed by atoms with E-state index in [-0.39, 0.29) is 12.6 Å². The van der Waals surface area contributed by atoms with Crippen molar-refractivity contribution in [1.82, 2.24) is 0 Å². The Hall–Kier alpha value is -1.35. The van der Waals surface area contributed by atoms with Crippen LogP contribution in [-0.2, 0) is 11.3 Å². The molecule has 0 heterocycles. The third-order valence-corrected chi connectivity index (χ3v) is 2.27. The number of esters is 1. The number of hydrogen-bond acceptors (Lipinski definition) is 3. The second-order valence-corrected chi connectivity index (χ2v) is 4.18. The van der Waals surface area contributed by atoms with Crippen molar-refractivity contribution in [1.29, 1.82) is 0 Å². The summed E-state index contributed by atoms with van der Waals surface area (Å²) < 4.78 is 5.12. The maximum atomic E-state index is 11.6. The quantitative estimate of drug-likeness (QED) is 0.778. The van der Waals surface area contributed by atoms with Crippen LogP contribution in [0.5, 0.6) is 0 Å². The fourth-order valence-electron chi connectivity index (χ4n) is 1.27. The third-order valence-electron chi connectivity index (χ3n) is 2.27. The molecule has 88 valence electrons. The summed E-state index contributed by atoms with van der Waals surface area (Å²) in [7, 11) is 0. The van der Waals surface area contributed by atoms with Crippen LogP contribution in [0.2, 0.25) is 0 Å². The number of carbonyl (C=O) groups is 1. The van der Waals surface area contributed by atoms with E-state index in [0.717, 1.165) is 12.0 Å². The predicted molar refractivity (Wildman–Crippen MR) is 62.1 cm³/mol. The Kier molecular flexibility index (Phi) is 4.99. The average Bonchev–Trinajstić information content (AvgIpc) is 2.28. The Balaban J connectivity index is 2.52. The second kappa shape index (κ2) is 6.28. The second-order valence-electron chi connectivity index (χ2n) is 4.18. The molecule has 0 spiro atoms. The maximum absolute atomic E-state index is 11.6. The van der Waals surface area contributed by atoms with E-state index >= 15 is 0 Å². The minimum Gasteiger partial charge on any atom is -0.462 e. The van der Waals surface area contributed by atoms with Crippen LogP contribution in [0.1, 0.15) is 36.2 Å². The highest BCUT2D eigenvalue weighted by molar-refractivity contribution is 5.89. The molecule has 0 radical (unpaired) electrons. The first kappa shape index (κ1) is 12.7. The van der Waals surface area contributed by atoms with Gasteiger partial charge < -0.3 is 9.84 Å². The Bertz CT molecular complexity index is 345. The molecule has 0 aliphatic carbocycles. The van der Waals surface area contributed by atoms with Crippen LogP contribution in [0, 0.1) is 5.92 Å². The van der Waals surface area contributed by atoms with Crippen LogP contribution in [-0.4, -0.2) is 17.7 Å². The summed E-state index contributed by atoms with van der Waals surface area (Å²) >= 11 is 0. The van der Waals surface area contributed by atoms with Crippen molar-refractivity contribution in [2.45, 2.75) is 26.9 Å². The van der Waals surface area contributed by atoms with E-state index < -0.39 is 0 Å². The van der Waals surface area contributed by atoms with E-state index in [0.29, 0.717) is 18.1 Å². The van der Waals surface area contributed by atoms with Gasteiger partial charge in [-0.2, -0.15) is 0 Å². The monoisotopic (exact) mass is 222 g/mol. The molecule has 0 saturated heterocycles. The molecular formula is C13H18O3. The fourth-order valence-corrected chi connectivity index (χ4v) is 1.27. The Morgan fingerprint density at radius 1 is 1.44 bits per heavy atom. The summed E-state index contributed by atoms with van der Waals surface area (Å²) in [6.45, 7) is 4.55. The molecule has 0 aliphatic rings. The van der Waals surface area contributed by atoms with Crippen LogP contribution in [0.25, 0.3) is 0 Å². The molecule has 16 heavy (non-hydrogen) atoms. The lowest BCUT2D eigenvalue weighted by molar-refractivity contribution is 0.0488. The minimum atomic E-state index is -0.323. The number of benzene rings is 1. The number of carbonyl (C=O) groups excluding carboxylic acids is 1. The Morgan fingerprint density at radius 2 is 2.19 bits per heavy atom. The van der Waals surface area contributed by atoms with Crippen molar-refractivity contribution in [3.63, 3.8) is 0 Å². The van der Waals surface area contributed by atoms with Gasteiger partial charge in [-0.25, -0.2) is 4.79 Å². The molecule has 0 fully saturated rings. The molecule has 1 aromatic rings. The normalized spacial score (nSPS) is 10.5. The summed E-state index contributed by atoms with van der Waals surface area (Å²) in [6.07, 6.45) is 0.866. The molecule has 0 bridgehead atoms. The van der Waals surface area contributed by atoms with E-state index in [2.05, 4.69) is 13.8 Å². The zero-order valence-electron chi connectivity index (χ0n) is 9.77. The van der Waals surface area contributed by atoms with Gasteiger partial charge in [-0.15, -0.1) is 0 Å². The molecule has 0 aromatic heterocycles. The Morgan fingerprint density at radius 3 is 2.81 bits per heavy atom. The Labute approximate surface area is 96.1 Å². The zero-order chi connectivity index (χ0) is 12.0. The number of aliphatic hydroxyl groups is 1. The summed E-state index contributed by atoms with van der Waals surface area (Å²) in [6, 6.07) is 6.85. The van der Waals surface area contributed by atoms with Crippen molar-refractivity contribution in [3.05, 3.63) is 35.4 Å². The van der Waals surface area contributed by atoms with E-state index in [1.807, 2.05) is 0 Å². The van der Waals surface area contributed by atoms with Crippen molar-refractivity contribution >= 4 is 5.97 Å². The summed E-state index contributed by atoms with van der Waals surface area (Å²) in [4.78, 5) is 11.6. The van der Waals surface area contributed by atoms with Gasteiger partial charge in [0.05, 0.1) is 18.8 Å². The molecule has 0 atom stereocenters. The van der Waals surface area contributed by atoms with Crippen molar-refractivity contribution < 1.29 is 14.6 Å². The van der Waals surface area contributed by atoms with Gasteiger partial charge in [0.15, 0.2) is 0 Å². The lowest BCUT2D eigenvalue weighted by Crippen LogP contribution is -2.08. The van der Waals surface area contributed by atoms with Crippen molar-refractivity contribution in [2.24, 2.45) is 5.92 Å². The molecule has 0 amide bonds. The minimum absolute atomic E-state index is 0.0624. The van der Waals surface area contributed by atoms with Crippen LogP contribution < -0.4 is 0 Å². The largest absolute Gasteiger partial charge is 0.462 e. The van der Waals surface area contributed by atoms with Crippen LogP contribution in [0.4, 0.5) is 0 Å². The van der Waals surface area contributed by atoms with Crippen LogP contribution >= 0.6 is 0 Å². The standard InChI is InChI=1S/C13H18O3/c1-10(2)6-7-16-13(15)12-5-3-4-11(8-12)9-14/h3-5,8,10,14H,6-7,9H2,1-2H3. The molecule has 0 saturated carbocycles. The van der Waals surface area contributed by atoms with Crippen LogP contribution in [0.3, 0.4) is 0 Å². The van der Waals surface area contributed by atoms with Gasteiger partial charge in [-0.05, 0) is 30.0 Å². The molecule has 1 aromatic carbocycles. The van der Waals surface area contributed by atoms with Gasteiger partial charge in [0.25, 0.3) is 0 Å². The number of aliphatic hydroxyl groups excluding tert-OH is 1. The first-order valence-electron chi connectivity index (χ1n) is 5.50. The van der Waals surface area contributed by atoms with Gasteiger partial charge in [-0.3, -0.25) is 0 Å². The van der Waals surface area contributed by atoms with Crippen molar-refractivity contribution in [2.75, 3.05) is 6.61 Å². The van der Waals surface area contributed by atoms with Gasteiger partial charge >= 0.3 is 5.97 Å². The topological polar surface area (TPSA) is 46.5 Å². The third kappa shape index (κ3) is 4.03. The number of hydrogen-bond donors (Lipinski definition) is 1. The smallest absolute Gasteiger partial charge is 0.338 e. The summed E-state index contributed by atoms with van der Waals surface area (Å²) in [5.74, 6) is 0.201. The molecular weight excluding hydrogens is 204 g/mol. The van der Waals surface area contributed by atoms with E-state index in [1.54, 1.807) is 24.3 Å². The SMILES string of the molecule is CC(C)CCOC(=O)c1cccc(CO)c1.